The number of allylic oxidation sites excluding steroid dienone is 2. The lowest BCUT2D eigenvalue weighted by Gasteiger charge is -2.28. The van der Waals surface area contributed by atoms with Crippen molar-refractivity contribution in [3.05, 3.63) is 65.7 Å². The molecule has 160 valence electrons. The van der Waals surface area contributed by atoms with Crippen LogP contribution in [0.5, 0.6) is 0 Å². The summed E-state index contributed by atoms with van der Waals surface area (Å²) < 4.78 is 0. The van der Waals surface area contributed by atoms with E-state index in [1.54, 1.807) is 11.1 Å². The Labute approximate surface area is 184 Å². The second-order valence-electron chi connectivity index (χ2n) is 9.84. The summed E-state index contributed by atoms with van der Waals surface area (Å²) in [5.74, 6) is 2.67. The van der Waals surface area contributed by atoms with Gasteiger partial charge >= 0.3 is 0 Å². The molecule has 0 aromatic heterocycles. The highest BCUT2D eigenvalue weighted by Crippen LogP contribution is 2.38. The minimum Gasteiger partial charge on any atom is -0.0804 e. The Hall–Kier alpha value is -1.82. The Kier molecular flexibility index (Phi) is 7.47. The zero-order valence-electron chi connectivity index (χ0n) is 19.2. The maximum atomic E-state index is 2.51. The van der Waals surface area contributed by atoms with Gasteiger partial charge in [-0.3, -0.25) is 0 Å². The Balaban J connectivity index is 1.37. The highest BCUT2D eigenvalue weighted by molar-refractivity contribution is 5.71. The van der Waals surface area contributed by atoms with Crippen molar-refractivity contribution in [2.45, 2.75) is 90.4 Å². The van der Waals surface area contributed by atoms with Gasteiger partial charge in [-0.2, -0.15) is 0 Å². The molecule has 2 aromatic rings. The van der Waals surface area contributed by atoms with E-state index in [2.05, 4.69) is 68.5 Å². The van der Waals surface area contributed by atoms with Gasteiger partial charge in [0.1, 0.15) is 0 Å². The average Bonchev–Trinajstić information content (AvgIpc) is 2.83. The summed E-state index contributed by atoms with van der Waals surface area (Å²) in [5.41, 5.74) is 7.24. The molecular weight excluding hydrogens is 360 g/mol. The van der Waals surface area contributed by atoms with Crippen LogP contribution in [0.3, 0.4) is 0 Å². The fourth-order valence-electron chi connectivity index (χ4n) is 5.63. The van der Waals surface area contributed by atoms with Crippen LogP contribution in [0.25, 0.3) is 16.7 Å². The third-order valence-electron chi connectivity index (χ3n) is 7.88. The van der Waals surface area contributed by atoms with E-state index in [0.717, 1.165) is 17.8 Å². The smallest absolute Gasteiger partial charge is 0.0162 e. The van der Waals surface area contributed by atoms with Gasteiger partial charge in [0, 0.05) is 0 Å². The summed E-state index contributed by atoms with van der Waals surface area (Å²) in [6.07, 6.45) is 17.5. The molecule has 0 radical (unpaired) electrons. The molecule has 0 aliphatic heterocycles. The number of benzene rings is 2. The third kappa shape index (κ3) is 5.26. The van der Waals surface area contributed by atoms with Gasteiger partial charge in [0.2, 0.25) is 0 Å². The van der Waals surface area contributed by atoms with E-state index >= 15 is 0 Å². The van der Waals surface area contributed by atoms with Crippen LogP contribution in [0.1, 0.15) is 102 Å². The molecule has 0 bridgehead atoms. The van der Waals surface area contributed by atoms with Gasteiger partial charge in [0.15, 0.2) is 0 Å². The fraction of sp³-hybridized carbons (Fsp3) is 0.533. The zero-order chi connectivity index (χ0) is 20.8. The maximum Gasteiger partial charge on any atom is -0.0162 e. The van der Waals surface area contributed by atoms with Crippen molar-refractivity contribution in [3.63, 3.8) is 0 Å². The van der Waals surface area contributed by atoms with E-state index in [9.17, 15) is 0 Å². The number of hydrogen-bond acceptors (Lipinski definition) is 0. The topological polar surface area (TPSA) is 0 Å². The highest BCUT2D eigenvalue weighted by atomic mass is 14.3. The summed E-state index contributed by atoms with van der Waals surface area (Å²) >= 11 is 0. The summed E-state index contributed by atoms with van der Waals surface area (Å²) in [6, 6.07) is 18.8. The molecule has 30 heavy (non-hydrogen) atoms. The van der Waals surface area contributed by atoms with Crippen molar-refractivity contribution >= 4 is 5.57 Å². The zero-order valence-corrected chi connectivity index (χ0v) is 19.2. The molecule has 0 amide bonds. The molecule has 0 nitrogen and oxygen atoms in total. The molecular formula is C30H40. The first-order chi connectivity index (χ1) is 14.8. The van der Waals surface area contributed by atoms with Crippen molar-refractivity contribution < 1.29 is 0 Å². The molecule has 1 fully saturated rings. The number of rotatable bonds is 7. The van der Waals surface area contributed by atoms with Crippen LogP contribution in [0, 0.1) is 11.8 Å². The predicted octanol–water partition coefficient (Wildman–Crippen LogP) is 9.41. The SMILES string of the molecule is CCCCC1CC=C(c2ccc(-c3ccc([C@H]4CC[C@H](CC)CC4)cc3)cc2)CC1. The number of unbranched alkanes of at least 4 members (excludes halogenated alkanes) is 1. The van der Waals surface area contributed by atoms with Gasteiger partial charge in [-0.05, 0) is 90.5 Å². The Bertz CT molecular complexity index is 800. The van der Waals surface area contributed by atoms with Crippen LogP contribution < -0.4 is 0 Å². The van der Waals surface area contributed by atoms with E-state index in [4.69, 9.17) is 0 Å². The van der Waals surface area contributed by atoms with E-state index in [1.807, 2.05) is 0 Å². The lowest BCUT2D eigenvalue weighted by atomic mass is 9.77. The molecule has 4 rings (SSSR count). The second kappa shape index (κ2) is 10.5. The lowest BCUT2D eigenvalue weighted by Crippen LogP contribution is -2.12. The first-order valence-electron chi connectivity index (χ1n) is 12.7. The third-order valence-corrected chi connectivity index (χ3v) is 7.88. The first-order valence-corrected chi connectivity index (χ1v) is 12.7. The largest absolute Gasteiger partial charge is 0.0804 e. The molecule has 1 saturated carbocycles. The molecule has 2 aromatic carbocycles. The first kappa shape index (κ1) is 21.4. The monoisotopic (exact) mass is 400 g/mol. The van der Waals surface area contributed by atoms with Gasteiger partial charge < -0.3 is 0 Å². The molecule has 0 heteroatoms. The molecule has 0 saturated heterocycles. The van der Waals surface area contributed by atoms with Crippen molar-refractivity contribution in [2.75, 3.05) is 0 Å². The molecule has 2 aliphatic carbocycles. The standard InChI is InChI=1S/C30H40/c1-3-5-6-24-9-13-26(14-10-24)28-17-21-30(22-18-28)29-19-15-27(16-20-29)25-11-7-23(4-2)8-12-25/h13,15-25H,3-12,14H2,1-2H3/t23-,24?,25-. The maximum absolute atomic E-state index is 2.51. The second-order valence-corrected chi connectivity index (χ2v) is 9.84. The molecule has 2 aliphatic rings. The van der Waals surface area contributed by atoms with Crippen LogP contribution >= 0.6 is 0 Å². The van der Waals surface area contributed by atoms with Crippen LogP contribution in [0.2, 0.25) is 0 Å². The van der Waals surface area contributed by atoms with Crippen molar-refractivity contribution in [1.82, 2.24) is 0 Å². The highest BCUT2D eigenvalue weighted by Gasteiger charge is 2.21. The van der Waals surface area contributed by atoms with Gasteiger partial charge in [0.05, 0.1) is 0 Å². The van der Waals surface area contributed by atoms with Crippen molar-refractivity contribution in [1.29, 1.82) is 0 Å². The van der Waals surface area contributed by atoms with E-state index in [-0.39, 0.29) is 0 Å². The fourth-order valence-corrected chi connectivity index (χ4v) is 5.63. The molecule has 0 heterocycles. The summed E-state index contributed by atoms with van der Waals surface area (Å²) in [7, 11) is 0. The van der Waals surface area contributed by atoms with Gasteiger partial charge in [-0.15, -0.1) is 0 Å². The van der Waals surface area contributed by atoms with Gasteiger partial charge in [-0.1, -0.05) is 94.1 Å². The van der Waals surface area contributed by atoms with Crippen molar-refractivity contribution in [3.8, 4) is 11.1 Å². The van der Waals surface area contributed by atoms with Crippen molar-refractivity contribution in [2.24, 2.45) is 11.8 Å². The molecule has 1 unspecified atom stereocenters. The van der Waals surface area contributed by atoms with E-state index in [1.165, 1.54) is 87.3 Å². The molecule has 0 N–H and O–H groups in total. The predicted molar refractivity (Wildman–Crippen MR) is 132 cm³/mol. The minimum atomic E-state index is 0.781. The summed E-state index contributed by atoms with van der Waals surface area (Å²) in [4.78, 5) is 0. The quantitative estimate of drug-likeness (QED) is 0.434. The van der Waals surface area contributed by atoms with E-state index < -0.39 is 0 Å². The Morgan fingerprint density at radius 1 is 0.700 bits per heavy atom. The average molecular weight is 401 g/mol. The minimum absolute atomic E-state index is 0.781. The summed E-state index contributed by atoms with van der Waals surface area (Å²) in [5, 5.41) is 0. The van der Waals surface area contributed by atoms with Gasteiger partial charge in [0.25, 0.3) is 0 Å². The lowest BCUT2D eigenvalue weighted by molar-refractivity contribution is 0.319. The van der Waals surface area contributed by atoms with Crippen LogP contribution in [-0.4, -0.2) is 0 Å². The number of hydrogen-bond donors (Lipinski definition) is 0. The normalized spacial score (nSPS) is 24.5. The Morgan fingerprint density at radius 3 is 1.90 bits per heavy atom. The Morgan fingerprint density at radius 2 is 1.33 bits per heavy atom. The van der Waals surface area contributed by atoms with E-state index in [0.29, 0.717) is 0 Å². The molecule has 1 atom stereocenters. The molecule has 0 spiro atoms. The van der Waals surface area contributed by atoms with Crippen LogP contribution in [0.15, 0.2) is 54.6 Å². The van der Waals surface area contributed by atoms with Crippen LogP contribution in [0.4, 0.5) is 0 Å². The van der Waals surface area contributed by atoms with Gasteiger partial charge in [-0.25, -0.2) is 0 Å². The summed E-state index contributed by atoms with van der Waals surface area (Å²) in [6.45, 7) is 4.65. The van der Waals surface area contributed by atoms with Crippen LogP contribution in [-0.2, 0) is 0 Å².